The number of hydrogen-bond acceptors (Lipinski definition) is 4. The molecule has 4 aromatic rings. The maximum atomic E-state index is 13.0. The number of carbonyl (C=O) groups is 1. The van der Waals surface area contributed by atoms with Crippen molar-refractivity contribution in [1.82, 2.24) is 14.8 Å². The number of aromatic hydroxyl groups is 1. The largest absolute Gasteiger partial charge is 0.507 e. The molecule has 6 nitrogen and oxygen atoms in total. The maximum Gasteiger partial charge on any atom is 0.260 e. The van der Waals surface area contributed by atoms with Crippen LogP contribution in [0.5, 0.6) is 5.75 Å². The Morgan fingerprint density at radius 3 is 2.50 bits per heavy atom. The van der Waals surface area contributed by atoms with Gasteiger partial charge in [-0.25, -0.2) is 4.68 Å². The molecule has 28 heavy (non-hydrogen) atoms. The second-order valence-electron chi connectivity index (χ2n) is 6.55. The number of carbonyl (C=O) groups excluding carboxylic acids is 1. The third-order valence-corrected chi connectivity index (χ3v) is 4.88. The predicted molar refractivity (Wildman–Crippen MR) is 105 cm³/mol. The summed E-state index contributed by atoms with van der Waals surface area (Å²) in [7, 11) is 0. The van der Waals surface area contributed by atoms with Crippen molar-refractivity contribution in [3.8, 4) is 22.7 Å². The summed E-state index contributed by atoms with van der Waals surface area (Å²) in [5, 5.41) is 14.8. The van der Waals surface area contributed by atoms with E-state index < -0.39 is 0 Å². The molecular weight excluding hydrogens is 352 g/mol. The normalized spacial score (nSPS) is 13.0. The van der Waals surface area contributed by atoms with Crippen LogP contribution in [0.4, 0.5) is 5.82 Å². The maximum absolute atomic E-state index is 13.0. The predicted octanol–water partition coefficient (Wildman–Crippen LogP) is 3.80. The number of phenols is 1. The van der Waals surface area contributed by atoms with Crippen molar-refractivity contribution in [2.45, 2.75) is 6.54 Å². The van der Waals surface area contributed by atoms with Crippen LogP contribution in [0.15, 0.2) is 79.1 Å². The molecular formula is C22H16N4O2. The van der Waals surface area contributed by atoms with Crippen LogP contribution in [0.1, 0.15) is 15.9 Å². The van der Waals surface area contributed by atoms with Gasteiger partial charge < -0.3 is 5.11 Å². The molecule has 0 unspecified atom stereocenters. The lowest BCUT2D eigenvalue weighted by atomic mass is 10.0. The van der Waals surface area contributed by atoms with Crippen LogP contribution in [0.25, 0.3) is 16.9 Å². The van der Waals surface area contributed by atoms with E-state index in [0.29, 0.717) is 29.2 Å². The van der Waals surface area contributed by atoms with Crippen LogP contribution in [0.3, 0.4) is 0 Å². The number of nitrogens with zero attached hydrogens (tertiary/aromatic N) is 4. The molecule has 2 aromatic heterocycles. The molecule has 0 spiro atoms. The molecule has 1 aliphatic rings. The van der Waals surface area contributed by atoms with Gasteiger partial charge in [0.1, 0.15) is 5.75 Å². The first-order valence-electron chi connectivity index (χ1n) is 8.91. The molecule has 2 aromatic carbocycles. The Kier molecular flexibility index (Phi) is 3.69. The van der Waals surface area contributed by atoms with Gasteiger partial charge in [-0.05, 0) is 30.3 Å². The zero-order valence-corrected chi connectivity index (χ0v) is 14.9. The van der Waals surface area contributed by atoms with Gasteiger partial charge in [0.15, 0.2) is 5.82 Å². The summed E-state index contributed by atoms with van der Waals surface area (Å²) in [6, 6.07) is 20.3. The number of rotatable bonds is 3. The van der Waals surface area contributed by atoms with Crippen LogP contribution in [-0.4, -0.2) is 25.8 Å². The number of hydrogen-bond donors (Lipinski definition) is 1. The van der Waals surface area contributed by atoms with Crippen LogP contribution in [-0.2, 0) is 6.54 Å². The minimum atomic E-state index is -0.118. The van der Waals surface area contributed by atoms with Crippen molar-refractivity contribution in [1.29, 1.82) is 0 Å². The molecule has 1 aliphatic heterocycles. The fraction of sp³-hybridized carbons (Fsp3) is 0.0455. The number of para-hydroxylation sites is 2. The Balaban J connectivity index is 1.53. The van der Waals surface area contributed by atoms with Gasteiger partial charge in [-0.15, -0.1) is 5.10 Å². The molecule has 0 fully saturated rings. The number of amides is 1. The van der Waals surface area contributed by atoms with Gasteiger partial charge in [0, 0.05) is 35.2 Å². The second kappa shape index (κ2) is 6.35. The number of benzene rings is 2. The molecule has 1 amide bonds. The molecule has 6 heteroatoms. The van der Waals surface area contributed by atoms with E-state index in [4.69, 9.17) is 0 Å². The minimum absolute atomic E-state index is 0.118. The summed E-state index contributed by atoms with van der Waals surface area (Å²) in [5.74, 6) is 0.600. The van der Waals surface area contributed by atoms with E-state index in [0.717, 1.165) is 11.3 Å². The Bertz CT molecular complexity index is 1180. The molecule has 0 aliphatic carbocycles. The van der Waals surface area contributed by atoms with E-state index in [1.807, 2.05) is 48.7 Å². The van der Waals surface area contributed by atoms with Gasteiger partial charge in [0.25, 0.3) is 5.91 Å². The quantitative estimate of drug-likeness (QED) is 0.597. The molecule has 0 bridgehead atoms. The highest BCUT2D eigenvalue weighted by atomic mass is 16.3. The van der Waals surface area contributed by atoms with E-state index in [9.17, 15) is 9.90 Å². The zero-order chi connectivity index (χ0) is 19.1. The lowest BCUT2D eigenvalue weighted by Crippen LogP contribution is -2.23. The van der Waals surface area contributed by atoms with Gasteiger partial charge in [0.2, 0.25) is 0 Å². The average molecular weight is 368 g/mol. The molecule has 136 valence electrons. The summed E-state index contributed by atoms with van der Waals surface area (Å²) >= 11 is 0. The standard InChI is InChI=1S/C22H16N4O2/c27-19-9-5-4-8-17(19)21-18-14-25(22(28)16(18)10-12-23-21)20-11-13-26(24-20)15-6-2-1-3-7-15/h1-13,27H,14H2. The Hall–Kier alpha value is -3.93. The second-order valence-corrected chi connectivity index (χ2v) is 6.55. The van der Waals surface area contributed by atoms with Crippen LogP contribution in [0.2, 0.25) is 0 Å². The van der Waals surface area contributed by atoms with Gasteiger partial charge >= 0.3 is 0 Å². The summed E-state index contributed by atoms with van der Waals surface area (Å²) in [6.07, 6.45) is 3.44. The van der Waals surface area contributed by atoms with Crippen molar-refractivity contribution in [2.24, 2.45) is 0 Å². The Labute approximate surface area is 161 Å². The highest BCUT2D eigenvalue weighted by Gasteiger charge is 2.33. The number of phenolic OH excluding ortho intramolecular Hbond substituents is 1. The summed E-state index contributed by atoms with van der Waals surface area (Å²) in [5.41, 5.74) is 3.54. The average Bonchev–Trinajstić information content (AvgIpc) is 3.34. The summed E-state index contributed by atoms with van der Waals surface area (Å²) < 4.78 is 1.74. The Morgan fingerprint density at radius 1 is 0.893 bits per heavy atom. The molecule has 0 saturated carbocycles. The fourth-order valence-corrected chi connectivity index (χ4v) is 3.50. The van der Waals surface area contributed by atoms with Crippen molar-refractivity contribution in [3.05, 3.63) is 90.3 Å². The van der Waals surface area contributed by atoms with Gasteiger partial charge in [0.05, 0.1) is 17.9 Å². The number of pyridine rings is 1. The van der Waals surface area contributed by atoms with Gasteiger partial charge in [-0.1, -0.05) is 30.3 Å². The SMILES string of the molecule is O=C1c2ccnc(-c3ccccc3O)c2CN1c1ccn(-c2ccccc2)n1. The lowest BCUT2D eigenvalue weighted by molar-refractivity contribution is 0.0996. The molecule has 3 heterocycles. The van der Waals surface area contributed by atoms with E-state index >= 15 is 0 Å². The number of anilines is 1. The third kappa shape index (κ3) is 2.54. The van der Waals surface area contributed by atoms with Gasteiger partial charge in [-0.2, -0.15) is 0 Å². The highest BCUT2D eigenvalue weighted by Crippen LogP contribution is 2.36. The van der Waals surface area contributed by atoms with Gasteiger partial charge in [-0.3, -0.25) is 14.7 Å². The van der Waals surface area contributed by atoms with Crippen molar-refractivity contribution >= 4 is 11.7 Å². The molecule has 5 rings (SSSR count). The minimum Gasteiger partial charge on any atom is -0.507 e. The van der Waals surface area contributed by atoms with E-state index in [-0.39, 0.29) is 11.7 Å². The lowest BCUT2D eigenvalue weighted by Gasteiger charge is -2.12. The first kappa shape index (κ1) is 16.3. The molecule has 1 N–H and O–H groups in total. The number of fused-ring (bicyclic) bond motifs is 1. The molecule has 0 radical (unpaired) electrons. The third-order valence-electron chi connectivity index (χ3n) is 4.88. The fourth-order valence-electron chi connectivity index (χ4n) is 3.50. The Morgan fingerprint density at radius 2 is 1.68 bits per heavy atom. The first-order valence-corrected chi connectivity index (χ1v) is 8.91. The van der Waals surface area contributed by atoms with Crippen molar-refractivity contribution in [2.75, 3.05) is 4.90 Å². The highest BCUT2D eigenvalue weighted by molar-refractivity contribution is 6.10. The van der Waals surface area contributed by atoms with Crippen LogP contribution < -0.4 is 4.90 Å². The van der Waals surface area contributed by atoms with Crippen molar-refractivity contribution < 1.29 is 9.90 Å². The van der Waals surface area contributed by atoms with E-state index in [2.05, 4.69) is 10.1 Å². The zero-order valence-electron chi connectivity index (χ0n) is 14.9. The van der Waals surface area contributed by atoms with Crippen LogP contribution >= 0.6 is 0 Å². The smallest absolute Gasteiger partial charge is 0.260 e. The molecule has 0 saturated heterocycles. The molecule has 0 atom stereocenters. The van der Waals surface area contributed by atoms with Crippen molar-refractivity contribution in [3.63, 3.8) is 0 Å². The van der Waals surface area contributed by atoms with Crippen LogP contribution in [0, 0.1) is 0 Å². The summed E-state index contributed by atoms with van der Waals surface area (Å²) in [6.45, 7) is 0.359. The first-order chi connectivity index (χ1) is 13.7. The topological polar surface area (TPSA) is 71.2 Å². The van der Waals surface area contributed by atoms with E-state index in [1.165, 1.54) is 0 Å². The summed E-state index contributed by atoms with van der Waals surface area (Å²) in [4.78, 5) is 19.1. The van der Waals surface area contributed by atoms with E-state index in [1.54, 1.807) is 40.0 Å². The number of aromatic nitrogens is 3. The monoisotopic (exact) mass is 368 g/mol.